The predicted molar refractivity (Wildman–Crippen MR) is 73.2 cm³/mol. The Labute approximate surface area is 104 Å². The summed E-state index contributed by atoms with van der Waals surface area (Å²) in [7, 11) is -0.349. The third-order valence-corrected chi connectivity index (χ3v) is 5.90. The van der Waals surface area contributed by atoms with Crippen LogP contribution in [0.5, 0.6) is 0 Å². The van der Waals surface area contributed by atoms with Crippen LogP contribution >= 0.6 is 0 Å². The maximum absolute atomic E-state index is 5.84. The zero-order chi connectivity index (χ0) is 11.5. The molecule has 0 N–H and O–H groups in total. The SMILES string of the molecule is CCCCCCCCCC[Si]1CCCCO1. The van der Waals surface area contributed by atoms with Crippen LogP contribution in [0.3, 0.4) is 0 Å². The van der Waals surface area contributed by atoms with Crippen LogP contribution in [0.4, 0.5) is 0 Å². The highest BCUT2D eigenvalue weighted by Crippen LogP contribution is 2.17. The first-order valence-corrected chi connectivity index (χ1v) is 9.23. The van der Waals surface area contributed by atoms with Crippen molar-refractivity contribution in [1.82, 2.24) is 0 Å². The highest BCUT2D eigenvalue weighted by Gasteiger charge is 2.16. The first-order chi connectivity index (χ1) is 7.93. The second-order valence-corrected chi connectivity index (χ2v) is 7.44. The third-order valence-electron chi connectivity index (χ3n) is 3.47. The molecule has 1 saturated heterocycles. The maximum atomic E-state index is 5.84. The smallest absolute Gasteiger partial charge is 0.211 e. The Morgan fingerprint density at radius 2 is 1.56 bits per heavy atom. The Morgan fingerprint density at radius 1 is 0.875 bits per heavy atom. The van der Waals surface area contributed by atoms with E-state index in [0.29, 0.717) is 0 Å². The molecule has 1 aliphatic rings. The Bertz CT molecular complexity index is 144. The van der Waals surface area contributed by atoms with Gasteiger partial charge in [-0.1, -0.05) is 64.7 Å². The first kappa shape index (κ1) is 14.2. The van der Waals surface area contributed by atoms with E-state index in [2.05, 4.69) is 6.92 Å². The van der Waals surface area contributed by atoms with Gasteiger partial charge in [0.15, 0.2) is 0 Å². The van der Waals surface area contributed by atoms with E-state index in [1.807, 2.05) is 0 Å². The van der Waals surface area contributed by atoms with E-state index in [-0.39, 0.29) is 9.04 Å². The van der Waals surface area contributed by atoms with Gasteiger partial charge < -0.3 is 4.43 Å². The molecular formula is C14H29OSi. The molecule has 2 heteroatoms. The molecule has 1 nitrogen and oxygen atoms in total. The van der Waals surface area contributed by atoms with Crippen LogP contribution in [0.1, 0.15) is 71.1 Å². The van der Waals surface area contributed by atoms with Crippen molar-refractivity contribution in [2.45, 2.75) is 83.2 Å². The molecule has 0 aromatic rings. The van der Waals surface area contributed by atoms with Gasteiger partial charge in [-0.25, -0.2) is 0 Å². The van der Waals surface area contributed by atoms with Gasteiger partial charge in [-0.05, 0) is 18.5 Å². The summed E-state index contributed by atoms with van der Waals surface area (Å²) in [6.45, 7) is 3.35. The van der Waals surface area contributed by atoms with Crippen molar-refractivity contribution in [3.8, 4) is 0 Å². The molecule has 0 spiro atoms. The van der Waals surface area contributed by atoms with Gasteiger partial charge >= 0.3 is 0 Å². The van der Waals surface area contributed by atoms with Gasteiger partial charge in [-0.2, -0.15) is 0 Å². The Hall–Kier alpha value is 0.177. The molecule has 0 atom stereocenters. The minimum Gasteiger partial charge on any atom is -0.417 e. The van der Waals surface area contributed by atoms with E-state index in [1.165, 1.54) is 76.3 Å². The topological polar surface area (TPSA) is 9.23 Å². The minimum absolute atomic E-state index is 0.349. The van der Waals surface area contributed by atoms with E-state index in [9.17, 15) is 0 Å². The highest BCUT2D eigenvalue weighted by molar-refractivity contribution is 6.51. The van der Waals surface area contributed by atoms with Gasteiger partial charge in [-0.15, -0.1) is 0 Å². The van der Waals surface area contributed by atoms with Gasteiger partial charge in [0.2, 0.25) is 9.04 Å². The summed E-state index contributed by atoms with van der Waals surface area (Å²) in [5.41, 5.74) is 0. The molecule has 1 fully saturated rings. The van der Waals surface area contributed by atoms with Crippen molar-refractivity contribution in [1.29, 1.82) is 0 Å². The predicted octanol–water partition coefficient (Wildman–Crippen LogP) is 4.93. The molecule has 0 bridgehead atoms. The lowest BCUT2D eigenvalue weighted by Gasteiger charge is -2.19. The van der Waals surface area contributed by atoms with Crippen molar-refractivity contribution in [3.05, 3.63) is 0 Å². The van der Waals surface area contributed by atoms with Gasteiger partial charge in [0.1, 0.15) is 0 Å². The van der Waals surface area contributed by atoms with E-state index in [4.69, 9.17) is 4.43 Å². The fraction of sp³-hybridized carbons (Fsp3) is 1.00. The molecule has 0 amide bonds. The fourth-order valence-corrected chi connectivity index (χ4v) is 4.63. The second kappa shape index (κ2) is 10.3. The van der Waals surface area contributed by atoms with Crippen molar-refractivity contribution in [3.63, 3.8) is 0 Å². The second-order valence-electron chi connectivity index (χ2n) is 5.07. The van der Waals surface area contributed by atoms with Crippen LogP contribution in [-0.2, 0) is 4.43 Å². The molecule has 1 radical (unpaired) electrons. The zero-order valence-electron chi connectivity index (χ0n) is 11.1. The molecule has 0 unspecified atom stereocenters. The van der Waals surface area contributed by atoms with Crippen LogP contribution in [0.2, 0.25) is 12.1 Å². The van der Waals surface area contributed by atoms with Gasteiger partial charge in [0.05, 0.1) is 0 Å². The molecule has 1 aliphatic heterocycles. The van der Waals surface area contributed by atoms with Crippen molar-refractivity contribution >= 4 is 9.04 Å². The first-order valence-electron chi connectivity index (χ1n) is 7.41. The van der Waals surface area contributed by atoms with Crippen LogP contribution in [0.25, 0.3) is 0 Å². The lowest BCUT2D eigenvalue weighted by atomic mass is 10.1. The number of hydrogen-bond acceptors (Lipinski definition) is 1. The normalized spacial score (nSPS) is 17.8. The van der Waals surface area contributed by atoms with E-state index in [0.717, 1.165) is 6.61 Å². The number of unbranched alkanes of at least 4 members (excludes halogenated alkanes) is 7. The summed E-state index contributed by atoms with van der Waals surface area (Å²) in [5, 5.41) is 0. The Balaban J connectivity index is 1.77. The summed E-state index contributed by atoms with van der Waals surface area (Å²) >= 11 is 0. The van der Waals surface area contributed by atoms with Crippen LogP contribution < -0.4 is 0 Å². The molecule has 0 aliphatic carbocycles. The number of rotatable bonds is 9. The fourth-order valence-electron chi connectivity index (χ4n) is 2.37. The summed E-state index contributed by atoms with van der Waals surface area (Å²) < 4.78 is 5.84. The van der Waals surface area contributed by atoms with Crippen molar-refractivity contribution in [2.75, 3.05) is 6.61 Å². The highest BCUT2D eigenvalue weighted by atomic mass is 28.3. The largest absolute Gasteiger partial charge is 0.417 e. The quantitative estimate of drug-likeness (QED) is 0.411. The average molecular weight is 241 g/mol. The Morgan fingerprint density at radius 3 is 2.19 bits per heavy atom. The summed E-state index contributed by atoms with van der Waals surface area (Å²) in [4.78, 5) is 0. The lowest BCUT2D eigenvalue weighted by Crippen LogP contribution is -2.22. The molecule has 95 valence electrons. The van der Waals surface area contributed by atoms with Crippen molar-refractivity contribution in [2.24, 2.45) is 0 Å². The van der Waals surface area contributed by atoms with Gasteiger partial charge in [0, 0.05) is 6.61 Å². The standard InChI is InChI=1S/C14H29OSi/c1-2-3-4-5-6-7-8-10-13-16-14-11-9-12-15-16/h2-14H2,1H3. The van der Waals surface area contributed by atoms with Gasteiger partial charge in [-0.3, -0.25) is 0 Å². The lowest BCUT2D eigenvalue weighted by molar-refractivity contribution is 0.285. The van der Waals surface area contributed by atoms with E-state index >= 15 is 0 Å². The monoisotopic (exact) mass is 241 g/mol. The molecule has 16 heavy (non-hydrogen) atoms. The van der Waals surface area contributed by atoms with Crippen molar-refractivity contribution < 1.29 is 4.43 Å². The molecule has 0 saturated carbocycles. The minimum atomic E-state index is -0.349. The van der Waals surface area contributed by atoms with Crippen LogP contribution in [0, 0.1) is 0 Å². The summed E-state index contributed by atoms with van der Waals surface area (Å²) in [6.07, 6.45) is 14.3. The van der Waals surface area contributed by atoms with Gasteiger partial charge in [0.25, 0.3) is 0 Å². The summed E-state index contributed by atoms with van der Waals surface area (Å²) in [6, 6.07) is 2.83. The van der Waals surface area contributed by atoms with E-state index < -0.39 is 0 Å². The van der Waals surface area contributed by atoms with E-state index in [1.54, 1.807) is 0 Å². The average Bonchev–Trinajstić information content (AvgIpc) is 2.34. The third kappa shape index (κ3) is 7.45. The van der Waals surface area contributed by atoms with Crippen LogP contribution in [-0.4, -0.2) is 15.6 Å². The maximum Gasteiger partial charge on any atom is 0.211 e. The Kier molecular flexibility index (Phi) is 9.20. The molecular weight excluding hydrogens is 212 g/mol. The number of hydrogen-bond donors (Lipinski definition) is 0. The zero-order valence-corrected chi connectivity index (χ0v) is 12.1. The van der Waals surface area contributed by atoms with Crippen LogP contribution in [0.15, 0.2) is 0 Å². The molecule has 1 rings (SSSR count). The molecule has 0 aromatic heterocycles. The molecule has 1 heterocycles. The molecule has 0 aromatic carbocycles. The summed E-state index contributed by atoms with van der Waals surface area (Å²) in [5.74, 6) is 0.